The SMILES string of the molecule is Cc1cn2cc(C3=Cc4ccc(N5CCC(N(C)C)CC5)cc4CCC3=O)cc2cn1. The molecule has 0 unspecified atom stereocenters. The Morgan fingerprint density at radius 2 is 1.87 bits per heavy atom. The number of hydrogen-bond donors (Lipinski definition) is 0. The smallest absolute Gasteiger partial charge is 0.163 e. The van der Waals surface area contributed by atoms with Gasteiger partial charge in [-0.2, -0.15) is 0 Å². The molecule has 5 nitrogen and oxygen atoms in total. The van der Waals surface area contributed by atoms with Crippen molar-refractivity contribution in [3.8, 4) is 0 Å². The van der Waals surface area contributed by atoms with Gasteiger partial charge < -0.3 is 14.2 Å². The number of aromatic nitrogens is 2. The van der Waals surface area contributed by atoms with Crippen LogP contribution in [-0.2, 0) is 11.2 Å². The van der Waals surface area contributed by atoms with Gasteiger partial charge in [0.2, 0.25) is 0 Å². The van der Waals surface area contributed by atoms with Crippen molar-refractivity contribution >= 4 is 28.6 Å². The van der Waals surface area contributed by atoms with Crippen LogP contribution in [-0.4, -0.2) is 53.3 Å². The Bertz CT molecular complexity index is 1170. The molecule has 31 heavy (non-hydrogen) atoms. The van der Waals surface area contributed by atoms with E-state index in [1.165, 1.54) is 24.1 Å². The number of hydrogen-bond acceptors (Lipinski definition) is 4. The summed E-state index contributed by atoms with van der Waals surface area (Å²) in [5.74, 6) is 0.213. The van der Waals surface area contributed by atoms with Crippen LogP contribution in [0.1, 0.15) is 41.6 Å². The monoisotopic (exact) mass is 414 g/mol. The lowest BCUT2D eigenvalue weighted by Crippen LogP contribution is -2.42. The molecule has 160 valence electrons. The van der Waals surface area contributed by atoms with Crippen LogP contribution in [0.5, 0.6) is 0 Å². The van der Waals surface area contributed by atoms with Crippen molar-refractivity contribution in [2.45, 2.75) is 38.6 Å². The molecule has 1 saturated heterocycles. The summed E-state index contributed by atoms with van der Waals surface area (Å²) in [5, 5.41) is 0. The molecule has 3 heterocycles. The Balaban J connectivity index is 1.44. The Labute approximate surface area is 184 Å². The van der Waals surface area contributed by atoms with E-state index in [0.717, 1.165) is 47.4 Å². The highest BCUT2D eigenvalue weighted by Crippen LogP contribution is 2.32. The molecule has 0 N–H and O–H groups in total. The lowest BCUT2D eigenvalue weighted by atomic mass is 10.00. The second-order valence-corrected chi connectivity index (χ2v) is 9.14. The highest BCUT2D eigenvalue weighted by molar-refractivity contribution is 6.26. The van der Waals surface area contributed by atoms with Gasteiger partial charge in [-0.25, -0.2) is 0 Å². The number of rotatable bonds is 3. The maximum absolute atomic E-state index is 13.0. The fraction of sp³-hybridized carbons (Fsp3) is 0.385. The minimum atomic E-state index is 0.213. The predicted octanol–water partition coefficient (Wildman–Crippen LogP) is 4.23. The van der Waals surface area contributed by atoms with E-state index in [2.05, 4.69) is 63.6 Å². The highest BCUT2D eigenvalue weighted by atomic mass is 16.1. The third-order valence-electron chi connectivity index (χ3n) is 6.83. The molecule has 3 aromatic rings. The molecule has 0 saturated carbocycles. The zero-order chi connectivity index (χ0) is 21.5. The maximum Gasteiger partial charge on any atom is 0.163 e. The number of Topliss-reactive ketones (excluding diaryl/α,β-unsaturated/α-hetero) is 1. The summed E-state index contributed by atoms with van der Waals surface area (Å²) in [5.41, 5.74) is 7.48. The number of benzene rings is 1. The van der Waals surface area contributed by atoms with Gasteiger partial charge in [0.15, 0.2) is 5.78 Å². The van der Waals surface area contributed by atoms with Gasteiger partial charge in [0, 0.05) is 54.8 Å². The van der Waals surface area contributed by atoms with Gasteiger partial charge in [-0.15, -0.1) is 0 Å². The minimum Gasteiger partial charge on any atom is -0.371 e. The number of carbonyl (C=O) groups excluding carboxylic acids is 1. The zero-order valence-electron chi connectivity index (χ0n) is 18.6. The number of piperidine rings is 1. The lowest BCUT2D eigenvalue weighted by Gasteiger charge is -2.36. The van der Waals surface area contributed by atoms with Crippen LogP contribution < -0.4 is 4.90 Å². The maximum atomic E-state index is 13.0. The first-order valence-electron chi connectivity index (χ1n) is 11.2. The number of aryl methyl sites for hydroxylation is 2. The van der Waals surface area contributed by atoms with Crippen LogP contribution in [0.2, 0.25) is 0 Å². The molecule has 1 fully saturated rings. The molecule has 1 aliphatic carbocycles. The van der Waals surface area contributed by atoms with Gasteiger partial charge in [0.1, 0.15) is 0 Å². The van der Waals surface area contributed by atoms with E-state index in [9.17, 15) is 4.79 Å². The predicted molar refractivity (Wildman–Crippen MR) is 126 cm³/mol. The van der Waals surface area contributed by atoms with Crippen molar-refractivity contribution in [2.24, 2.45) is 0 Å². The van der Waals surface area contributed by atoms with E-state index < -0.39 is 0 Å². The van der Waals surface area contributed by atoms with Gasteiger partial charge >= 0.3 is 0 Å². The summed E-state index contributed by atoms with van der Waals surface area (Å²) < 4.78 is 2.05. The summed E-state index contributed by atoms with van der Waals surface area (Å²) in [6.45, 7) is 4.16. The molecule has 2 aliphatic rings. The van der Waals surface area contributed by atoms with Crippen LogP contribution >= 0.6 is 0 Å². The van der Waals surface area contributed by atoms with Crippen LogP contribution in [0.15, 0.2) is 42.9 Å². The Morgan fingerprint density at radius 1 is 1.06 bits per heavy atom. The van der Waals surface area contributed by atoms with Crippen molar-refractivity contribution in [1.29, 1.82) is 0 Å². The van der Waals surface area contributed by atoms with Crippen molar-refractivity contribution < 1.29 is 4.79 Å². The van der Waals surface area contributed by atoms with Gasteiger partial charge in [0.05, 0.1) is 17.4 Å². The average molecular weight is 415 g/mol. The second kappa shape index (κ2) is 7.97. The third-order valence-corrected chi connectivity index (χ3v) is 6.83. The first-order valence-corrected chi connectivity index (χ1v) is 11.2. The number of fused-ring (bicyclic) bond motifs is 2. The molecular weight excluding hydrogens is 384 g/mol. The molecular formula is C26H30N4O. The first kappa shape index (κ1) is 20.0. The molecule has 1 aliphatic heterocycles. The normalized spacial score (nSPS) is 17.7. The Hall–Kier alpha value is -2.92. The van der Waals surface area contributed by atoms with E-state index in [4.69, 9.17) is 0 Å². The fourth-order valence-corrected chi connectivity index (χ4v) is 4.91. The van der Waals surface area contributed by atoms with Crippen molar-refractivity contribution in [3.63, 3.8) is 0 Å². The van der Waals surface area contributed by atoms with Crippen LogP contribution in [0, 0.1) is 6.92 Å². The lowest BCUT2D eigenvalue weighted by molar-refractivity contribution is -0.113. The van der Waals surface area contributed by atoms with Gasteiger partial charge in [-0.3, -0.25) is 9.78 Å². The van der Waals surface area contributed by atoms with E-state index in [0.29, 0.717) is 12.5 Å². The molecule has 0 atom stereocenters. The first-order chi connectivity index (χ1) is 15.0. The van der Waals surface area contributed by atoms with Crippen molar-refractivity contribution in [1.82, 2.24) is 14.3 Å². The Kier molecular flexibility index (Phi) is 5.14. The molecule has 0 bridgehead atoms. The number of anilines is 1. The highest BCUT2D eigenvalue weighted by Gasteiger charge is 2.23. The summed E-state index contributed by atoms with van der Waals surface area (Å²) in [6.07, 6.45) is 11.7. The van der Waals surface area contributed by atoms with Crippen LogP contribution in [0.4, 0.5) is 5.69 Å². The summed E-state index contributed by atoms with van der Waals surface area (Å²) in [4.78, 5) is 22.2. The molecule has 1 aromatic carbocycles. The third kappa shape index (κ3) is 3.90. The number of allylic oxidation sites excluding steroid dienone is 1. The summed E-state index contributed by atoms with van der Waals surface area (Å²) >= 11 is 0. The van der Waals surface area contributed by atoms with Gasteiger partial charge in [-0.05, 0) is 75.7 Å². The van der Waals surface area contributed by atoms with Crippen molar-refractivity contribution in [2.75, 3.05) is 32.1 Å². The molecule has 0 spiro atoms. The molecule has 0 amide bonds. The standard InChI is InChI=1S/C26H30N4O/c1-18-16-30-17-21(13-24(30)15-27-18)25-14-20-4-6-23(12-19(20)5-7-26(25)31)29-10-8-22(9-11-29)28(2)3/h4,6,12-17,22H,5,7-11H2,1-3H3. The Morgan fingerprint density at radius 3 is 2.65 bits per heavy atom. The zero-order valence-corrected chi connectivity index (χ0v) is 18.6. The minimum absolute atomic E-state index is 0.213. The van der Waals surface area contributed by atoms with E-state index >= 15 is 0 Å². The largest absolute Gasteiger partial charge is 0.371 e. The van der Waals surface area contributed by atoms with Crippen LogP contribution in [0.3, 0.4) is 0 Å². The summed E-state index contributed by atoms with van der Waals surface area (Å²) in [7, 11) is 4.35. The van der Waals surface area contributed by atoms with Gasteiger partial charge in [-0.1, -0.05) is 6.07 Å². The molecule has 5 rings (SSSR count). The number of carbonyl (C=O) groups is 1. The van der Waals surface area contributed by atoms with Crippen LogP contribution in [0.25, 0.3) is 17.2 Å². The van der Waals surface area contributed by atoms with E-state index in [1.54, 1.807) is 0 Å². The van der Waals surface area contributed by atoms with E-state index in [1.807, 2.05) is 25.5 Å². The topological polar surface area (TPSA) is 40.9 Å². The van der Waals surface area contributed by atoms with Gasteiger partial charge in [0.25, 0.3) is 0 Å². The number of nitrogens with zero attached hydrogens (tertiary/aromatic N) is 4. The summed E-state index contributed by atoms with van der Waals surface area (Å²) in [6, 6.07) is 9.47. The average Bonchev–Trinajstić information content (AvgIpc) is 3.11. The van der Waals surface area contributed by atoms with Crippen molar-refractivity contribution in [3.05, 3.63) is 65.2 Å². The molecule has 0 radical (unpaired) electrons. The quantitative estimate of drug-likeness (QED) is 0.643. The molecule has 5 heteroatoms. The fourth-order valence-electron chi connectivity index (χ4n) is 4.91. The van der Waals surface area contributed by atoms with E-state index in [-0.39, 0.29) is 5.78 Å². The second-order valence-electron chi connectivity index (χ2n) is 9.14. The number of ketones is 1. The molecule has 2 aromatic heterocycles.